The smallest absolute Gasteiger partial charge is 0.145 e. The molecule has 40 heavy (non-hydrogen) atoms. The molecule has 0 atom stereocenters. The van der Waals surface area contributed by atoms with Gasteiger partial charge in [-0.3, -0.25) is 4.98 Å². The highest BCUT2D eigenvalue weighted by Crippen LogP contribution is 2.42. The van der Waals surface area contributed by atoms with Gasteiger partial charge in [0.2, 0.25) is 0 Å². The highest BCUT2D eigenvalue weighted by molar-refractivity contribution is 6.24. The summed E-state index contributed by atoms with van der Waals surface area (Å²) < 4.78 is 8.82. The van der Waals surface area contributed by atoms with Gasteiger partial charge < -0.3 is 8.98 Å². The molecule has 4 heteroatoms. The summed E-state index contributed by atoms with van der Waals surface area (Å²) in [5, 5.41) is 13.8. The number of pyridine rings is 1. The molecule has 0 aliphatic rings. The molecule has 0 saturated heterocycles. The van der Waals surface area contributed by atoms with E-state index < -0.39 is 0 Å². The Morgan fingerprint density at radius 2 is 1.38 bits per heavy atom. The van der Waals surface area contributed by atoms with Crippen LogP contribution in [0.2, 0.25) is 0 Å². The predicted molar refractivity (Wildman–Crippen MR) is 161 cm³/mol. The first-order chi connectivity index (χ1) is 19.8. The molecule has 0 unspecified atom stereocenters. The SMILES string of the molecule is N#Cc1cncc(-c2ccc(-c3ccccc3-n3c4ccccc4c4c5oc6ccccc6c5ccc43)cc2)c1. The number of aromatic nitrogens is 2. The molecule has 0 bridgehead atoms. The van der Waals surface area contributed by atoms with Gasteiger partial charge in [-0.05, 0) is 47.5 Å². The molecule has 0 fully saturated rings. The summed E-state index contributed by atoms with van der Waals surface area (Å²) in [6.45, 7) is 0. The zero-order valence-corrected chi connectivity index (χ0v) is 21.4. The first kappa shape index (κ1) is 22.3. The van der Waals surface area contributed by atoms with Gasteiger partial charge >= 0.3 is 0 Å². The van der Waals surface area contributed by atoms with Crippen LogP contribution in [0.15, 0.2) is 132 Å². The zero-order chi connectivity index (χ0) is 26.6. The van der Waals surface area contributed by atoms with Crippen LogP contribution in [0.25, 0.3) is 71.7 Å². The molecule has 0 radical (unpaired) electrons. The molecule has 4 nitrogen and oxygen atoms in total. The van der Waals surface area contributed by atoms with Crippen LogP contribution in [0.1, 0.15) is 5.56 Å². The van der Waals surface area contributed by atoms with Crippen LogP contribution in [0.4, 0.5) is 0 Å². The summed E-state index contributed by atoms with van der Waals surface area (Å²) in [6.07, 6.45) is 3.37. The number of para-hydroxylation sites is 3. The minimum Gasteiger partial charge on any atom is -0.455 e. The molecule has 8 rings (SSSR count). The van der Waals surface area contributed by atoms with E-state index in [1.807, 2.05) is 18.2 Å². The number of hydrogen-bond donors (Lipinski definition) is 0. The van der Waals surface area contributed by atoms with Crippen LogP contribution in [-0.2, 0) is 0 Å². The van der Waals surface area contributed by atoms with Crippen molar-refractivity contribution in [3.63, 3.8) is 0 Å². The monoisotopic (exact) mass is 511 g/mol. The standard InChI is InChI=1S/C36H21N3O/c37-20-23-19-26(22-38-21-23)24-13-15-25(16-14-24)27-7-1-4-10-31(27)39-32-11-5-2-9-30(32)35-33(39)18-17-29-28-8-3-6-12-34(28)40-36(29)35/h1-19,21-22H. The fourth-order valence-electron chi connectivity index (χ4n) is 5.91. The number of benzene rings is 5. The van der Waals surface area contributed by atoms with Gasteiger partial charge in [-0.25, -0.2) is 0 Å². The molecule has 186 valence electrons. The maximum atomic E-state index is 9.27. The van der Waals surface area contributed by atoms with E-state index in [0.717, 1.165) is 71.7 Å². The lowest BCUT2D eigenvalue weighted by atomic mass is 9.99. The topological polar surface area (TPSA) is 54.8 Å². The van der Waals surface area contributed by atoms with Crippen LogP contribution in [0.3, 0.4) is 0 Å². The minimum atomic E-state index is 0.553. The van der Waals surface area contributed by atoms with Gasteiger partial charge in [0, 0.05) is 39.7 Å². The van der Waals surface area contributed by atoms with Crippen molar-refractivity contribution < 1.29 is 4.42 Å². The second-order valence-corrected chi connectivity index (χ2v) is 9.96. The Labute approximate surface area is 230 Å². The lowest BCUT2D eigenvalue weighted by molar-refractivity contribution is 0.673. The summed E-state index contributed by atoms with van der Waals surface area (Å²) in [4.78, 5) is 4.22. The van der Waals surface area contributed by atoms with Crippen molar-refractivity contribution in [3.8, 4) is 34.0 Å². The van der Waals surface area contributed by atoms with Crippen molar-refractivity contribution in [2.24, 2.45) is 0 Å². The van der Waals surface area contributed by atoms with E-state index in [4.69, 9.17) is 4.42 Å². The number of fused-ring (bicyclic) bond motifs is 7. The van der Waals surface area contributed by atoms with Crippen molar-refractivity contribution >= 4 is 43.7 Å². The molecule has 0 saturated carbocycles. The van der Waals surface area contributed by atoms with Crippen LogP contribution in [-0.4, -0.2) is 9.55 Å². The second kappa shape index (κ2) is 8.69. The van der Waals surface area contributed by atoms with Crippen molar-refractivity contribution in [1.29, 1.82) is 5.26 Å². The summed E-state index contributed by atoms with van der Waals surface area (Å²) >= 11 is 0. The van der Waals surface area contributed by atoms with Gasteiger partial charge in [0.15, 0.2) is 0 Å². The van der Waals surface area contributed by atoms with E-state index in [-0.39, 0.29) is 0 Å². The Morgan fingerprint density at radius 1 is 0.625 bits per heavy atom. The molecule has 3 aromatic heterocycles. The molecule has 0 aliphatic carbocycles. The molecule has 8 aromatic rings. The van der Waals surface area contributed by atoms with Gasteiger partial charge in [-0.2, -0.15) is 5.26 Å². The molecule has 0 N–H and O–H groups in total. The molecule has 0 amide bonds. The summed E-state index contributed by atoms with van der Waals surface area (Å²) in [7, 11) is 0. The molecular formula is C36H21N3O. The summed E-state index contributed by atoms with van der Waals surface area (Å²) in [5.41, 5.74) is 9.91. The lowest BCUT2D eigenvalue weighted by Crippen LogP contribution is -1.97. The average molecular weight is 512 g/mol. The van der Waals surface area contributed by atoms with E-state index in [0.29, 0.717) is 5.56 Å². The first-order valence-electron chi connectivity index (χ1n) is 13.2. The van der Waals surface area contributed by atoms with Crippen LogP contribution < -0.4 is 0 Å². The normalized spacial score (nSPS) is 11.5. The third kappa shape index (κ3) is 3.28. The molecule has 0 spiro atoms. The van der Waals surface area contributed by atoms with Gasteiger partial charge in [-0.1, -0.05) is 78.9 Å². The van der Waals surface area contributed by atoms with Crippen molar-refractivity contribution in [1.82, 2.24) is 9.55 Å². The Kier molecular flexibility index (Phi) is 4.85. The maximum Gasteiger partial charge on any atom is 0.145 e. The number of furan rings is 1. The zero-order valence-electron chi connectivity index (χ0n) is 21.4. The Morgan fingerprint density at radius 3 is 2.25 bits per heavy atom. The quantitative estimate of drug-likeness (QED) is 0.237. The predicted octanol–water partition coefficient (Wildman–Crippen LogP) is 9.28. The molecule has 3 heterocycles. The first-order valence-corrected chi connectivity index (χ1v) is 13.2. The fourth-order valence-corrected chi connectivity index (χ4v) is 5.91. The molecule has 0 aliphatic heterocycles. The largest absolute Gasteiger partial charge is 0.455 e. The number of hydrogen-bond acceptors (Lipinski definition) is 3. The van der Waals surface area contributed by atoms with Crippen molar-refractivity contribution in [2.75, 3.05) is 0 Å². The van der Waals surface area contributed by atoms with E-state index in [1.165, 1.54) is 0 Å². The van der Waals surface area contributed by atoms with Crippen molar-refractivity contribution in [3.05, 3.63) is 133 Å². The fraction of sp³-hybridized carbons (Fsp3) is 0. The summed E-state index contributed by atoms with van der Waals surface area (Å²) in [5.74, 6) is 0. The van der Waals surface area contributed by atoms with E-state index in [9.17, 15) is 5.26 Å². The molecular weight excluding hydrogens is 490 g/mol. The lowest BCUT2D eigenvalue weighted by Gasteiger charge is -2.14. The Hall–Kier alpha value is -5.66. The van der Waals surface area contributed by atoms with Crippen LogP contribution >= 0.6 is 0 Å². The number of nitrogens with zero attached hydrogens (tertiary/aromatic N) is 3. The Bertz CT molecular complexity index is 2280. The average Bonchev–Trinajstić information content (AvgIpc) is 3.57. The summed E-state index contributed by atoms with van der Waals surface area (Å²) in [6, 6.07) is 42.2. The number of nitriles is 1. The van der Waals surface area contributed by atoms with Crippen molar-refractivity contribution in [2.45, 2.75) is 0 Å². The highest BCUT2D eigenvalue weighted by atomic mass is 16.3. The van der Waals surface area contributed by atoms with Crippen LogP contribution in [0, 0.1) is 11.3 Å². The second-order valence-electron chi connectivity index (χ2n) is 9.96. The minimum absolute atomic E-state index is 0.553. The number of rotatable bonds is 3. The Balaban J connectivity index is 1.35. The van der Waals surface area contributed by atoms with E-state index in [2.05, 4.69) is 113 Å². The van der Waals surface area contributed by atoms with Gasteiger partial charge in [0.25, 0.3) is 0 Å². The van der Waals surface area contributed by atoms with Gasteiger partial charge in [0.1, 0.15) is 17.2 Å². The van der Waals surface area contributed by atoms with E-state index in [1.54, 1.807) is 12.4 Å². The third-order valence-corrected chi connectivity index (χ3v) is 7.72. The van der Waals surface area contributed by atoms with Gasteiger partial charge in [-0.15, -0.1) is 0 Å². The maximum absolute atomic E-state index is 9.27. The van der Waals surface area contributed by atoms with E-state index >= 15 is 0 Å². The van der Waals surface area contributed by atoms with Gasteiger partial charge in [0.05, 0.1) is 27.7 Å². The highest BCUT2D eigenvalue weighted by Gasteiger charge is 2.20. The molecule has 5 aromatic carbocycles. The van der Waals surface area contributed by atoms with Crippen LogP contribution in [0.5, 0.6) is 0 Å². The third-order valence-electron chi connectivity index (χ3n) is 7.72.